The molecular formula is C23H28N4O3. The van der Waals surface area contributed by atoms with Crippen LogP contribution in [-0.4, -0.2) is 28.9 Å². The fourth-order valence-electron chi connectivity index (χ4n) is 4.11. The smallest absolute Gasteiger partial charge is 0.220 e. The molecule has 1 aliphatic carbocycles. The van der Waals surface area contributed by atoms with Crippen LogP contribution in [0.3, 0.4) is 0 Å². The first-order valence-corrected chi connectivity index (χ1v) is 10.7. The molecule has 1 atom stereocenters. The molecule has 7 heteroatoms. The van der Waals surface area contributed by atoms with Crippen molar-refractivity contribution in [1.82, 2.24) is 15.1 Å². The van der Waals surface area contributed by atoms with Crippen molar-refractivity contribution < 1.29 is 14.3 Å². The van der Waals surface area contributed by atoms with E-state index in [0.29, 0.717) is 44.9 Å². The van der Waals surface area contributed by atoms with Gasteiger partial charge in [-0.05, 0) is 62.3 Å². The number of hydrogen-bond donors (Lipinski definition) is 1. The van der Waals surface area contributed by atoms with Crippen LogP contribution in [0.2, 0.25) is 0 Å². The van der Waals surface area contributed by atoms with Gasteiger partial charge in [-0.3, -0.25) is 9.48 Å². The predicted octanol–water partition coefficient (Wildman–Crippen LogP) is 3.38. The first-order valence-electron chi connectivity index (χ1n) is 10.7. The first kappa shape index (κ1) is 20.3. The Kier molecular flexibility index (Phi) is 5.93. The number of nitriles is 1. The molecule has 1 aromatic carbocycles. The molecule has 2 aromatic rings. The van der Waals surface area contributed by atoms with E-state index in [1.54, 1.807) is 0 Å². The number of carbonyl (C=O) groups excluding carboxylic acids is 1. The van der Waals surface area contributed by atoms with Crippen LogP contribution in [0.4, 0.5) is 0 Å². The van der Waals surface area contributed by atoms with Gasteiger partial charge in [-0.15, -0.1) is 0 Å². The largest absolute Gasteiger partial charge is 0.486 e. The fourth-order valence-corrected chi connectivity index (χ4v) is 4.11. The molecule has 7 nitrogen and oxygen atoms in total. The summed E-state index contributed by atoms with van der Waals surface area (Å²) in [6, 6.07) is 8.14. The van der Waals surface area contributed by atoms with Gasteiger partial charge in [0, 0.05) is 12.1 Å². The number of nitrogens with zero attached hydrogens (tertiary/aromatic N) is 3. The van der Waals surface area contributed by atoms with Crippen molar-refractivity contribution >= 4 is 5.91 Å². The number of aromatic nitrogens is 2. The molecule has 2 heterocycles. The molecule has 1 aliphatic heterocycles. The van der Waals surface area contributed by atoms with Crippen molar-refractivity contribution in [2.24, 2.45) is 5.92 Å². The summed E-state index contributed by atoms with van der Waals surface area (Å²) in [5, 5.41) is 16.6. The number of aryl methyl sites for hydroxylation is 2. The van der Waals surface area contributed by atoms with E-state index in [1.807, 2.05) is 36.7 Å². The molecule has 0 radical (unpaired) electrons. The highest BCUT2D eigenvalue weighted by Crippen LogP contribution is 2.43. The van der Waals surface area contributed by atoms with Crippen molar-refractivity contribution in [2.45, 2.75) is 58.5 Å². The number of fused-ring (bicyclic) bond motifs is 1. The minimum absolute atomic E-state index is 0.00822. The molecule has 1 fully saturated rings. The molecule has 30 heavy (non-hydrogen) atoms. The van der Waals surface area contributed by atoms with Crippen LogP contribution >= 0.6 is 0 Å². The summed E-state index contributed by atoms with van der Waals surface area (Å²) in [5.74, 6) is 2.05. The molecule has 4 rings (SSSR count). The zero-order valence-corrected chi connectivity index (χ0v) is 17.6. The Labute approximate surface area is 177 Å². The summed E-state index contributed by atoms with van der Waals surface area (Å²) < 4.78 is 13.2. The maximum absolute atomic E-state index is 12.8. The van der Waals surface area contributed by atoms with Crippen molar-refractivity contribution in [2.75, 3.05) is 13.2 Å². The van der Waals surface area contributed by atoms with E-state index in [1.165, 1.54) is 0 Å². The fraction of sp³-hybridized carbons (Fsp3) is 0.522. The molecule has 2 aliphatic rings. The van der Waals surface area contributed by atoms with E-state index in [9.17, 15) is 4.79 Å². The molecule has 0 bridgehead atoms. The highest BCUT2D eigenvalue weighted by molar-refractivity contribution is 5.77. The number of carbonyl (C=O) groups is 1. The van der Waals surface area contributed by atoms with Gasteiger partial charge in [0.15, 0.2) is 11.5 Å². The highest BCUT2D eigenvalue weighted by Gasteiger charge is 2.34. The highest BCUT2D eigenvalue weighted by atomic mass is 16.6. The molecule has 158 valence electrons. The van der Waals surface area contributed by atoms with Gasteiger partial charge in [0.05, 0.1) is 30.8 Å². The Hall–Kier alpha value is -3.01. The number of amides is 1. The van der Waals surface area contributed by atoms with Gasteiger partial charge in [0.1, 0.15) is 13.2 Å². The van der Waals surface area contributed by atoms with Crippen LogP contribution in [0.5, 0.6) is 11.5 Å². The number of rotatable bonds is 8. The maximum atomic E-state index is 12.8. The number of benzene rings is 1. The van der Waals surface area contributed by atoms with Crippen LogP contribution in [-0.2, 0) is 17.8 Å². The van der Waals surface area contributed by atoms with Gasteiger partial charge in [-0.2, -0.15) is 10.4 Å². The summed E-state index contributed by atoms with van der Waals surface area (Å²) in [6.45, 7) is 5.68. The first-order chi connectivity index (χ1) is 14.6. The molecule has 0 spiro atoms. The summed E-state index contributed by atoms with van der Waals surface area (Å²) in [5.41, 5.74) is 4.15. The summed E-state index contributed by atoms with van der Waals surface area (Å²) in [6.07, 6.45) is 3.75. The Morgan fingerprint density at radius 3 is 2.80 bits per heavy atom. The van der Waals surface area contributed by atoms with Crippen LogP contribution < -0.4 is 14.8 Å². The van der Waals surface area contributed by atoms with Crippen LogP contribution in [0.1, 0.15) is 54.2 Å². The summed E-state index contributed by atoms with van der Waals surface area (Å²) in [7, 11) is 0. The second-order valence-corrected chi connectivity index (χ2v) is 8.07. The van der Waals surface area contributed by atoms with Crippen molar-refractivity contribution in [1.29, 1.82) is 5.26 Å². The Bertz CT molecular complexity index is 972. The van der Waals surface area contributed by atoms with Crippen molar-refractivity contribution in [3.05, 3.63) is 40.7 Å². The zero-order valence-electron chi connectivity index (χ0n) is 17.6. The van der Waals surface area contributed by atoms with E-state index < -0.39 is 0 Å². The minimum atomic E-state index is 0.00822. The van der Waals surface area contributed by atoms with E-state index in [4.69, 9.17) is 14.7 Å². The third-order valence-corrected chi connectivity index (χ3v) is 5.90. The third kappa shape index (κ3) is 4.43. The molecule has 0 saturated heterocycles. The zero-order chi connectivity index (χ0) is 21.1. The lowest BCUT2D eigenvalue weighted by molar-refractivity contribution is -0.122. The molecule has 1 unspecified atom stereocenters. The standard InChI is InChI=1S/C23H28N4O3/c1-15-19(16(2)27(26-15)11-3-10-24)7-9-22(28)25-23(17-4-5-17)18-6-8-20-21(14-18)30-13-12-29-20/h6,8,14,17,23H,3-5,7,9,11-13H2,1-2H3,(H,25,28). The van der Waals surface area contributed by atoms with E-state index in [2.05, 4.69) is 16.5 Å². The Morgan fingerprint density at radius 2 is 2.07 bits per heavy atom. The van der Waals surface area contributed by atoms with E-state index in [0.717, 1.165) is 46.9 Å². The number of nitrogens with one attached hydrogen (secondary N) is 1. The SMILES string of the molecule is Cc1nn(CCC#N)c(C)c1CCC(=O)NC(c1ccc2c(c1)OCCO2)C1CC1. The Morgan fingerprint density at radius 1 is 1.30 bits per heavy atom. The van der Waals surface area contributed by atoms with Gasteiger partial charge in [-0.25, -0.2) is 0 Å². The van der Waals surface area contributed by atoms with Gasteiger partial charge < -0.3 is 14.8 Å². The van der Waals surface area contributed by atoms with Crippen molar-refractivity contribution in [3.8, 4) is 17.6 Å². The van der Waals surface area contributed by atoms with E-state index in [-0.39, 0.29) is 11.9 Å². The lowest BCUT2D eigenvalue weighted by Gasteiger charge is -2.23. The molecule has 1 aromatic heterocycles. The second-order valence-electron chi connectivity index (χ2n) is 8.07. The average molecular weight is 409 g/mol. The molecule has 1 N–H and O–H groups in total. The number of ether oxygens (including phenoxy) is 2. The minimum Gasteiger partial charge on any atom is -0.486 e. The van der Waals surface area contributed by atoms with Crippen LogP contribution in [0, 0.1) is 31.1 Å². The molecular weight excluding hydrogens is 380 g/mol. The number of hydrogen-bond acceptors (Lipinski definition) is 5. The molecule has 1 saturated carbocycles. The quantitative estimate of drug-likeness (QED) is 0.723. The topological polar surface area (TPSA) is 89.2 Å². The lowest BCUT2D eigenvalue weighted by Crippen LogP contribution is -2.30. The lowest BCUT2D eigenvalue weighted by atomic mass is 10.0. The third-order valence-electron chi connectivity index (χ3n) is 5.90. The second kappa shape index (κ2) is 8.78. The van der Waals surface area contributed by atoms with Crippen LogP contribution in [0.15, 0.2) is 18.2 Å². The van der Waals surface area contributed by atoms with Gasteiger partial charge in [0.25, 0.3) is 0 Å². The average Bonchev–Trinajstić information content (AvgIpc) is 3.55. The summed E-state index contributed by atoms with van der Waals surface area (Å²) in [4.78, 5) is 12.8. The monoisotopic (exact) mass is 408 g/mol. The van der Waals surface area contributed by atoms with Gasteiger partial charge in [-0.1, -0.05) is 6.07 Å². The maximum Gasteiger partial charge on any atom is 0.220 e. The van der Waals surface area contributed by atoms with Crippen LogP contribution in [0.25, 0.3) is 0 Å². The Balaban J connectivity index is 1.40. The van der Waals surface area contributed by atoms with Crippen molar-refractivity contribution in [3.63, 3.8) is 0 Å². The van der Waals surface area contributed by atoms with E-state index >= 15 is 0 Å². The normalized spacial score (nSPS) is 16.0. The van der Waals surface area contributed by atoms with Gasteiger partial charge >= 0.3 is 0 Å². The molecule has 1 amide bonds. The van der Waals surface area contributed by atoms with Gasteiger partial charge in [0.2, 0.25) is 5.91 Å². The summed E-state index contributed by atoms with van der Waals surface area (Å²) >= 11 is 0. The predicted molar refractivity (Wildman–Crippen MR) is 111 cm³/mol.